The van der Waals surface area contributed by atoms with Gasteiger partial charge in [0.25, 0.3) is 0 Å². The second-order valence-corrected chi connectivity index (χ2v) is 9.02. The lowest BCUT2D eigenvalue weighted by Gasteiger charge is -2.37. The molecular weight excluding hydrogens is 454 g/mol. The number of ketones is 1. The van der Waals surface area contributed by atoms with Gasteiger partial charge in [-0.05, 0) is 48.9 Å². The molecule has 0 saturated heterocycles. The van der Waals surface area contributed by atoms with E-state index in [0.29, 0.717) is 41.7 Å². The summed E-state index contributed by atoms with van der Waals surface area (Å²) in [5, 5.41) is 13.7. The number of benzene rings is 2. The van der Waals surface area contributed by atoms with Gasteiger partial charge in [0.1, 0.15) is 0 Å². The van der Waals surface area contributed by atoms with Crippen molar-refractivity contribution < 1.29 is 24.2 Å². The minimum Gasteiger partial charge on any atom is -0.503 e. The van der Waals surface area contributed by atoms with Crippen molar-refractivity contribution in [2.45, 2.75) is 44.9 Å². The molecule has 0 radical (unpaired) electrons. The predicted octanol–water partition coefficient (Wildman–Crippen LogP) is 5.37. The van der Waals surface area contributed by atoms with E-state index in [2.05, 4.69) is 5.32 Å². The molecule has 2 aromatic rings. The molecular formula is C27H28ClNO5. The van der Waals surface area contributed by atoms with Gasteiger partial charge >= 0.3 is 5.97 Å². The number of allylic oxidation sites excluding steroid dienone is 3. The van der Waals surface area contributed by atoms with Crippen molar-refractivity contribution in [3.8, 4) is 11.5 Å². The van der Waals surface area contributed by atoms with Gasteiger partial charge in [-0.25, -0.2) is 4.79 Å². The number of dihydropyridines is 1. The highest BCUT2D eigenvalue weighted by molar-refractivity contribution is 6.32. The number of phenols is 1. The standard InChI is InChI=1S/C27H28ClNO5/c1-4-10-34-27(32)23-15(2)29-20-12-17(16-8-6-5-7-9-16)13-21(30)25(20)24(23)18-11-19(28)26(31)22(14-18)33-3/h5-9,11,14,17,24,29,31H,4,10,12-13H2,1-3H3/t17-,24+/m0/s1. The van der Waals surface area contributed by atoms with Gasteiger partial charge in [0, 0.05) is 29.3 Å². The van der Waals surface area contributed by atoms with Crippen LogP contribution in [-0.2, 0) is 14.3 Å². The van der Waals surface area contributed by atoms with Crippen LogP contribution in [0.25, 0.3) is 0 Å². The van der Waals surface area contributed by atoms with E-state index in [0.717, 1.165) is 11.3 Å². The van der Waals surface area contributed by atoms with E-state index in [9.17, 15) is 14.7 Å². The Morgan fingerprint density at radius 2 is 1.91 bits per heavy atom. The second-order valence-electron chi connectivity index (χ2n) is 8.62. The molecule has 0 saturated carbocycles. The van der Waals surface area contributed by atoms with Gasteiger partial charge in [-0.15, -0.1) is 0 Å². The van der Waals surface area contributed by atoms with Crippen molar-refractivity contribution in [3.05, 3.63) is 81.2 Å². The van der Waals surface area contributed by atoms with Crippen LogP contribution >= 0.6 is 11.6 Å². The molecule has 2 N–H and O–H groups in total. The molecule has 6 nitrogen and oxygen atoms in total. The zero-order chi connectivity index (χ0) is 24.4. The fourth-order valence-electron chi connectivity index (χ4n) is 4.79. The van der Waals surface area contributed by atoms with Crippen molar-refractivity contribution in [2.75, 3.05) is 13.7 Å². The highest BCUT2D eigenvalue weighted by atomic mass is 35.5. The molecule has 4 rings (SSSR count). The molecule has 178 valence electrons. The molecule has 0 spiro atoms. The van der Waals surface area contributed by atoms with Gasteiger partial charge in [-0.1, -0.05) is 48.9 Å². The maximum atomic E-state index is 13.6. The van der Waals surface area contributed by atoms with Crippen molar-refractivity contribution in [3.63, 3.8) is 0 Å². The van der Waals surface area contributed by atoms with Crippen LogP contribution < -0.4 is 10.1 Å². The number of phenolic OH excluding ortho intramolecular Hbond substituents is 1. The molecule has 1 heterocycles. The van der Waals surface area contributed by atoms with Gasteiger partial charge in [-0.2, -0.15) is 0 Å². The van der Waals surface area contributed by atoms with Crippen LogP contribution in [0.3, 0.4) is 0 Å². The summed E-state index contributed by atoms with van der Waals surface area (Å²) in [6, 6.07) is 13.2. The molecule has 0 amide bonds. The zero-order valence-electron chi connectivity index (χ0n) is 19.5. The second kappa shape index (κ2) is 9.94. The van der Waals surface area contributed by atoms with Crippen molar-refractivity contribution >= 4 is 23.4 Å². The number of aromatic hydroxyl groups is 1. The molecule has 7 heteroatoms. The van der Waals surface area contributed by atoms with Crippen LogP contribution in [0, 0.1) is 0 Å². The van der Waals surface area contributed by atoms with E-state index in [-0.39, 0.29) is 34.8 Å². The Morgan fingerprint density at radius 1 is 1.18 bits per heavy atom. The van der Waals surface area contributed by atoms with Gasteiger partial charge < -0.3 is 19.9 Å². The lowest BCUT2D eigenvalue weighted by molar-refractivity contribution is -0.139. The fourth-order valence-corrected chi connectivity index (χ4v) is 5.01. The van der Waals surface area contributed by atoms with Crippen molar-refractivity contribution in [1.82, 2.24) is 5.32 Å². The Bertz CT molecular complexity index is 1190. The normalized spacial score (nSPS) is 20.1. The van der Waals surface area contributed by atoms with Crippen LogP contribution in [-0.4, -0.2) is 30.6 Å². The molecule has 0 bridgehead atoms. The summed E-state index contributed by atoms with van der Waals surface area (Å²) < 4.78 is 10.8. The van der Waals surface area contributed by atoms with E-state index >= 15 is 0 Å². The Kier molecular flexibility index (Phi) is 6.98. The maximum absolute atomic E-state index is 13.6. The van der Waals surface area contributed by atoms with E-state index in [1.807, 2.05) is 44.2 Å². The molecule has 0 fully saturated rings. The van der Waals surface area contributed by atoms with Gasteiger partial charge in [0.2, 0.25) is 0 Å². The maximum Gasteiger partial charge on any atom is 0.336 e. The molecule has 2 atom stereocenters. The molecule has 0 unspecified atom stereocenters. The van der Waals surface area contributed by atoms with Gasteiger partial charge in [-0.3, -0.25) is 4.79 Å². The monoisotopic (exact) mass is 481 g/mol. The summed E-state index contributed by atoms with van der Waals surface area (Å²) in [5.41, 5.74) is 4.01. The van der Waals surface area contributed by atoms with E-state index in [4.69, 9.17) is 21.1 Å². The van der Waals surface area contributed by atoms with Gasteiger partial charge in [0.05, 0.1) is 24.3 Å². The SMILES string of the molecule is CCCOC(=O)C1=C(C)NC2=C(C(=O)C[C@@H](c3ccccc3)C2)[C@@H]1c1cc(Cl)c(O)c(OC)c1. The minimum atomic E-state index is -0.683. The largest absolute Gasteiger partial charge is 0.503 e. The average molecular weight is 482 g/mol. The minimum absolute atomic E-state index is 0.0379. The number of hydrogen-bond acceptors (Lipinski definition) is 6. The first kappa shape index (κ1) is 23.9. The average Bonchev–Trinajstić information content (AvgIpc) is 2.83. The number of Topliss-reactive ketones (excluding diaryl/α,β-unsaturated/α-hetero) is 1. The molecule has 2 aromatic carbocycles. The first-order valence-corrected chi connectivity index (χ1v) is 11.8. The number of ether oxygens (including phenoxy) is 2. The first-order valence-electron chi connectivity index (χ1n) is 11.4. The summed E-state index contributed by atoms with van der Waals surface area (Å²) >= 11 is 6.30. The number of esters is 1. The fraction of sp³-hybridized carbons (Fsp3) is 0.333. The third-order valence-corrected chi connectivity index (χ3v) is 6.65. The topological polar surface area (TPSA) is 84.9 Å². The number of nitrogens with one attached hydrogen (secondary N) is 1. The number of halogens is 1. The number of carbonyl (C=O) groups excluding carboxylic acids is 2. The number of hydrogen-bond donors (Lipinski definition) is 2. The third-order valence-electron chi connectivity index (χ3n) is 6.36. The van der Waals surface area contributed by atoms with Crippen molar-refractivity contribution in [2.24, 2.45) is 0 Å². The van der Waals surface area contributed by atoms with Crippen LogP contribution in [0.4, 0.5) is 0 Å². The van der Waals surface area contributed by atoms with Crippen LogP contribution in [0.1, 0.15) is 56.1 Å². The predicted molar refractivity (Wildman–Crippen MR) is 130 cm³/mol. The first-order chi connectivity index (χ1) is 16.3. The van der Waals surface area contributed by atoms with Crippen molar-refractivity contribution in [1.29, 1.82) is 0 Å². The third kappa shape index (κ3) is 4.42. The van der Waals surface area contributed by atoms with E-state index in [1.54, 1.807) is 12.1 Å². The molecule has 1 aliphatic heterocycles. The quantitative estimate of drug-likeness (QED) is 0.539. The Hall–Kier alpha value is -3.25. The number of carbonyl (C=O) groups is 2. The molecule has 2 aliphatic rings. The van der Waals surface area contributed by atoms with Crippen LogP contribution in [0.5, 0.6) is 11.5 Å². The van der Waals surface area contributed by atoms with Crippen LogP contribution in [0.15, 0.2) is 65.0 Å². The Balaban J connectivity index is 1.84. The Morgan fingerprint density at radius 3 is 2.59 bits per heavy atom. The number of rotatable bonds is 6. The smallest absolute Gasteiger partial charge is 0.336 e. The molecule has 0 aromatic heterocycles. The zero-order valence-corrected chi connectivity index (χ0v) is 20.2. The summed E-state index contributed by atoms with van der Waals surface area (Å²) in [4.78, 5) is 26.8. The molecule has 34 heavy (non-hydrogen) atoms. The van der Waals surface area contributed by atoms with Gasteiger partial charge in [0.15, 0.2) is 17.3 Å². The highest BCUT2D eigenvalue weighted by Crippen LogP contribution is 2.48. The summed E-state index contributed by atoms with van der Waals surface area (Å²) in [7, 11) is 1.43. The Labute approximate surface area is 204 Å². The highest BCUT2D eigenvalue weighted by Gasteiger charge is 2.41. The summed E-state index contributed by atoms with van der Waals surface area (Å²) in [6.07, 6.45) is 1.65. The summed E-state index contributed by atoms with van der Waals surface area (Å²) in [6.45, 7) is 4.01. The number of methoxy groups -OCH3 is 1. The van der Waals surface area contributed by atoms with Crippen LogP contribution in [0.2, 0.25) is 5.02 Å². The summed E-state index contributed by atoms with van der Waals surface area (Å²) in [5.74, 6) is -1.18. The molecule has 1 aliphatic carbocycles. The lowest BCUT2D eigenvalue weighted by Crippen LogP contribution is -2.36. The van der Waals surface area contributed by atoms with E-state index < -0.39 is 11.9 Å². The lowest BCUT2D eigenvalue weighted by atomic mass is 9.71. The van der Waals surface area contributed by atoms with E-state index in [1.165, 1.54) is 7.11 Å².